The van der Waals surface area contributed by atoms with Crippen molar-refractivity contribution in [3.8, 4) is 5.75 Å². The van der Waals surface area contributed by atoms with E-state index in [1.165, 1.54) is 22.3 Å². The van der Waals surface area contributed by atoms with Crippen LogP contribution in [0.25, 0.3) is 0 Å². The maximum absolute atomic E-state index is 6.87. The van der Waals surface area contributed by atoms with Crippen LogP contribution in [0.2, 0.25) is 0 Å². The van der Waals surface area contributed by atoms with Crippen LogP contribution >= 0.6 is 11.6 Å². The Balaban J connectivity index is 1.97. The lowest BCUT2D eigenvalue weighted by Gasteiger charge is -2.20. The fraction of sp³-hybridized carbons (Fsp3) is 0.368. The lowest BCUT2D eigenvalue weighted by molar-refractivity contribution is 0.327. The molecule has 1 aliphatic rings. The number of halogens is 1. The van der Waals surface area contributed by atoms with Gasteiger partial charge in [0.15, 0.2) is 0 Å². The van der Waals surface area contributed by atoms with Crippen molar-refractivity contribution < 1.29 is 4.74 Å². The van der Waals surface area contributed by atoms with E-state index in [9.17, 15) is 0 Å². The maximum Gasteiger partial charge on any atom is 0.122 e. The van der Waals surface area contributed by atoms with Crippen molar-refractivity contribution in [1.82, 2.24) is 0 Å². The first-order valence-corrected chi connectivity index (χ1v) is 8.15. The molecule has 2 heteroatoms. The first kappa shape index (κ1) is 14.5. The Hall–Kier alpha value is -1.47. The molecule has 0 saturated heterocycles. The van der Waals surface area contributed by atoms with Gasteiger partial charge in [0.2, 0.25) is 0 Å². The van der Waals surface area contributed by atoms with Crippen LogP contribution in [0.4, 0.5) is 0 Å². The fourth-order valence-corrected chi connectivity index (χ4v) is 3.50. The average molecular weight is 301 g/mol. The van der Waals surface area contributed by atoms with Crippen molar-refractivity contribution >= 4 is 11.6 Å². The van der Waals surface area contributed by atoms with E-state index < -0.39 is 0 Å². The Morgan fingerprint density at radius 2 is 1.95 bits per heavy atom. The number of para-hydroxylation sites is 1. The van der Waals surface area contributed by atoms with Crippen molar-refractivity contribution in [2.45, 2.75) is 38.0 Å². The first-order valence-electron chi connectivity index (χ1n) is 7.72. The molecule has 1 heterocycles. The normalized spacial score (nSPS) is 18.1. The number of fused-ring (bicyclic) bond motifs is 1. The summed E-state index contributed by atoms with van der Waals surface area (Å²) in [6.07, 6.45) is 2.05. The summed E-state index contributed by atoms with van der Waals surface area (Å²) in [5, 5.41) is -0.0323. The number of benzene rings is 2. The molecule has 2 atom stereocenters. The summed E-state index contributed by atoms with van der Waals surface area (Å²) in [5.74, 6) is 1.22. The highest BCUT2D eigenvalue weighted by atomic mass is 35.5. The molecule has 0 amide bonds. The van der Waals surface area contributed by atoms with Crippen molar-refractivity contribution in [2.75, 3.05) is 6.61 Å². The summed E-state index contributed by atoms with van der Waals surface area (Å²) in [6, 6.07) is 15.0. The Bertz CT molecular complexity index is 635. The number of ether oxygens (including phenoxy) is 1. The van der Waals surface area contributed by atoms with Gasteiger partial charge in [0.1, 0.15) is 5.75 Å². The number of hydrogen-bond donors (Lipinski definition) is 0. The smallest absolute Gasteiger partial charge is 0.122 e. The molecule has 2 unspecified atom stereocenters. The zero-order valence-corrected chi connectivity index (χ0v) is 13.4. The Morgan fingerprint density at radius 3 is 2.71 bits per heavy atom. The second-order valence-electron chi connectivity index (χ2n) is 5.60. The van der Waals surface area contributed by atoms with Gasteiger partial charge in [-0.2, -0.15) is 0 Å². The van der Waals surface area contributed by atoms with Crippen molar-refractivity contribution in [1.29, 1.82) is 0 Å². The molecule has 110 valence electrons. The SMILES string of the molecule is CCc1ccc(CC)c(C(Cl)C2COc3ccccc32)c1. The third-order valence-electron chi connectivity index (χ3n) is 4.39. The summed E-state index contributed by atoms with van der Waals surface area (Å²) < 4.78 is 5.80. The van der Waals surface area contributed by atoms with Gasteiger partial charge in [-0.3, -0.25) is 0 Å². The summed E-state index contributed by atoms with van der Waals surface area (Å²) in [5.41, 5.74) is 5.20. The van der Waals surface area contributed by atoms with Crippen LogP contribution in [0.5, 0.6) is 5.75 Å². The zero-order valence-electron chi connectivity index (χ0n) is 12.6. The highest BCUT2D eigenvalue weighted by molar-refractivity contribution is 6.21. The van der Waals surface area contributed by atoms with Crippen LogP contribution in [-0.4, -0.2) is 6.61 Å². The van der Waals surface area contributed by atoms with Crippen molar-refractivity contribution in [3.63, 3.8) is 0 Å². The van der Waals surface area contributed by atoms with E-state index in [-0.39, 0.29) is 11.3 Å². The van der Waals surface area contributed by atoms with E-state index in [1.807, 2.05) is 12.1 Å². The van der Waals surface area contributed by atoms with E-state index in [1.54, 1.807) is 0 Å². The lowest BCUT2D eigenvalue weighted by atomic mass is 9.89. The Kier molecular flexibility index (Phi) is 4.21. The quantitative estimate of drug-likeness (QED) is 0.699. The highest BCUT2D eigenvalue weighted by Crippen LogP contribution is 2.45. The molecule has 3 rings (SSSR count). The standard InChI is InChI=1S/C19H21ClO/c1-3-13-9-10-14(4-2)16(11-13)19(20)17-12-21-18-8-6-5-7-15(17)18/h5-11,17,19H,3-4,12H2,1-2H3. The fourth-order valence-electron chi connectivity index (χ4n) is 3.09. The maximum atomic E-state index is 6.87. The van der Waals surface area contributed by atoms with E-state index in [0.717, 1.165) is 18.6 Å². The minimum Gasteiger partial charge on any atom is -0.493 e. The van der Waals surface area contributed by atoms with E-state index in [4.69, 9.17) is 16.3 Å². The molecule has 0 N–H and O–H groups in total. The predicted octanol–water partition coefficient (Wildman–Crippen LogP) is 5.27. The van der Waals surface area contributed by atoms with Gasteiger partial charge in [0.25, 0.3) is 0 Å². The van der Waals surface area contributed by atoms with Gasteiger partial charge in [-0.15, -0.1) is 11.6 Å². The van der Waals surface area contributed by atoms with Gasteiger partial charge in [0, 0.05) is 11.5 Å². The number of rotatable bonds is 4. The topological polar surface area (TPSA) is 9.23 Å². The number of hydrogen-bond acceptors (Lipinski definition) is 1. The molecule has 1 aliphatic heterocycles. The average Bonchev–Trinajstić information content (AvgIpc) is 2.97. The molecule has 2 aromatic carbocycles. The molecule has 1 nitrogen and oxygen atoms in total. The molecule has 0 fully saturated rings. The van der Waals surface area contributed by atoms with Crippen LogP contribution in [0.1, 0.15) is 47.4 Å². The molecule has 0 aromatic heterocycles. The van der Waals surface area contributed by atoms with E-state index in [0.29, 0.717) is 6.61 Å². The van der Waals surface area contributed by atoms with Crippen LogP contribution < -0.4 is 4.74 Å². The minimum atomic E-state index is -0.0323. The molecule has 2 aromatic rings. The van der Waals surface area contributed by atoms with Gasteiger partial charge >= 0.3 is 0 Å². The zero-order chi connectivity index (χ0) is 14.8. The second-order valence-corrected chi connectivity index (χ2v) is 6.07. The molecule has 0 radical (unpaired) electrons. The molecular weight excluding hydrogens is 280 g/mol. The van der Waals surface area contributed by atoms with E-state index in [2.05, 4.69) is 44.2 Å². The van der Waals surface area contributed by atoms with E-state index >= 15 is 0 Å². The first-order chi connectivity index (χ1) is 10.2. The monoisotopic (exact) mass is 300 g/mol. The van der Waals surface area contributed by atoms with Gasteiger partial charge < -0.3 is 4.74 Å². The van der Waals surface area contributed by atoms with Gasteiger partial charge in [-0.1, -0.05) is 50.2 Å². The van der Waals surface area contributed by atoms with Crippen molar-refractivity contribution in [2.24, 2.45) is 0 Å². The molecule has 21 heavy (non-hydrogen) atoms. The molecule has 0 bridgehead atoms. The van der Waals surface area contributed by atoms with Crippen LogP contribution in [-0.2, 0) is 12.8 Å². The van der Waals surface area contributed by atoms with Gasteiger partial charge in [-0.05, 0) is 35.6 Å². The summed E-state index contributed by atoms with van der Waals surface area (Å²) in [6.45, 7) is 5.04. The van der Waals surface area contributed by atoms with Crippen molar-refractivity contribution in [3.05, 3.63) is 64.7 Å². The van der Waals surface area contributed by atoms with Crippen LogP contribution in [0.15, 0.2) is 42.5 Å². The number of alkyl halides is 1. The van der Waals surface area contributed by atoms with Crippen LogP contribution in [0, 0.1) is 0 Å². The summed E-state index contributed by atoms with van der Waals surface area (Å²) in [4.78, 5) is 0. The van der Waals surface area contributed by atoms with Gasteiger partial charge in [0.05, 0.1) is 12.0 Å². The Morgan fingerprint density at radius 1 is 1.14 bits per heavy atom. The number of aryl methyl sites for hydroxylation is 2. The third-order valence-corrected chi connectivity index (χ3v) is 4.93. The summed E-state index contributed by atoms with van der Waals surface area (Å²) >= 11 is 6.87. The molecule has 0 saturated carbocycles. The molecule has 0 aliphatic carbocycles. The van der Waals surface area contributed by atoms with Gasteiger partial charge in [-0.25, -0.2) is 0 Å². The second kappa shape index (κ2) is 6.11. The van der Waals surface area contributed by atoms with Crippen LogP contribution in [0.3, 0.4) is 0 Å². The predicted molar refractivity (Wildman–Crippen MR) is 88.5 cm³/mol. The molecular formula is C19H21ClO. The molecule has 0 spiro atoms. The highest BCUT2D eigenvalue weighted by Gasteiger charge is 2.31. The summed E-state index contributed by atoms with van der Waals surface area (Å²) in [7, 11) is 0. The third kappa shape index (κ3) is 2.67. The minimum absolute atomic E-state index is 0.0323. The Labute approximate surface area is 131 Å². The lowest BCUT2D eigenvalue weighted by Crippen LogP contribution is -2.10. The largest absolute Gasteiger partial charge is 0.493 e.